The van der Waals surface area contributed by atoms with Gasteiger partial charge in [-0.05, 0) is 301 Å². The Bertz CT molecular complexity index is 2010. The summed E-state index contributed by atoms with van der Waals surface area (Å²) in [4.78, 5) is 0. The summed E-state index contributed by atoms with van der Waals surface area (Å²) in [5.74, 6) is 19.2. The van der Waals surface area contributed by atoms with Crippen molar-refractivity contribution in [2.75, 3.05) is 0 Å². The van der Waals surface area contributed by atoms with Crippen LogP contribution in [0, 0.1) is 147 Å². The zero-order valence-electron chi connectivity index (χ0n) is 58.2. The second-order valence-electron chi connectivity index (χ2n) is 33.6. The molecule has 20 unspecified atom stereocenters. The van der Waals surface area contributed by atoms with Gasteiger partial charge in [0, 0.05) is 0 Å². The van der Waals surface area contributed by atoms with E-state index >= 15 is 0 Å². The Morgan fingerprint density at radius 2 is 1.44 bits per heavy atom. The lowest BCUT2D eigenvalue weighted by molar-refractivity contribution is -0.200. The van der Waals surface area contributed by atoms with E-state index < -0.39 is 0 Å². The predicted octanol–water partition coefficient (Wildman–Crippen LogP) is 25.8. The summed E-state index contributed by atoms with van der Waals surface area (Å²) in [5.41, 5.74) is 8.13. The standard InChI is InChI=1S/C82H142/c1-19-25-26-30-77-66(22-4)51-71(77)49-64-44-67-29-27-31-78(68-36-35-63(34-32-54(7)8)50-80(75(24-6)70-47-65(45-68)48-70)82-39-38-79(82)73(53-82)40-55(9)10)76(37-33-58(14)41-60(16)59(15)21-3)62(18)43-61(17)74(23-5)81(56(11)12)72(52-69(67)46-64)42-57(13)28-20-2/h23,27,31,35,42,54-62,64-71,73-75,77,79-81H,5,19-22,24-26,28-30,32-34,36-41,43-53H2,1-4,6-18H3. The number of fused-ring (bicyclic) bond motifs is 9. The first kappa shape index (κ1) is 68.2. The Balaban J connectivity index is 1.32. The number of allylic oxidation sites excluding steroid dienone is 9. The molecular formula is C82H142. The molecule has 470 valence electrons. The van der Waals surface area contributed by atoms with Gasteiger partial charge in [-0.1, -0.05) is 210 Å². The van der Waals surface area contributed by atoms with E-state index in [1.54, 1.807) is 6.42 Å². The highest BCUT2D eigenvalue weighted by Gasteiger charge is 2.64. The monoisotopic (exact) mass is 1130 g/mol. The summed E-state index contributed by atoms with van der Waals surface area (Å²) < 4.78 is 0. The first-order valence-electron chi connectivity index (χ1n) is 37.7. The third-order valence-electron chi connectivity index (χ3n) is 26.5. The van der Waals surface area contributed by atoms with Crippen LogP contribution in [-0.2, 0) is 0 Å². The fourth-order valence-corrected chi connectivity index (χ4v) is 21.6. The quantitative estimate of drug-likeness (QED) is 0.0568. The van der Waals surface area contributed by atoms with Crippen LogP contribution in [-0.4, -0.2) is 0 Å². The van der Waals surface area contributed by atoms with E-state index in [0.717, 1.165) is 101 Å². The Labute approximate surface area is 514 Å². The largest absolute Gasteiger partial charge is 0.103 e. The minimum atomic E-state index is 0.503. The summed E-state index contributed by atoms with van der Waals surface area (Å²) in [5, 5.41) is 0. The lowest BCUT2D eigenvalue weighted by Gasteiger charge is -2.69. The third kappa shape index (κ3) is 17.1. The topological polar surface area (TPSA) is 0 Å². The molecule has 0 aromatic carbocycles. The Kier molecular flexibility index (Phi) is 26.8. The van der Waals surface area contributed by atoms with Crippen molar-refractivity contribution in [1.82, 2.24) is 0 Å². The van der Waals surface area contributed by atoms with Crippen molar-refractivity contribution in [2.45, 2.75) is 310 Å². The van der Waals surface area contributed by atoms with Gasteiger partial charge in [0.25, 0.3) is 0 Å². The van der Waals surface area contributed by atoms with Crippen LogP contribution in [0.1, 0.15) is 310 Å². The Morgan fingerprint density at radius 1 is 0.683 bits per heavy atom. The molecule has 82 heavy (non-hydrogen) atoms. The second-order valence-corrected chi connectivity index (χ2v) is 33.6. The molecule has 0 amide bonds. The van der Waals surface area contributed by atoms with Gasteiger partial charge in [-0.15, -0.1) is 6.58 Å². The molecule has 20 atom stereocenters. The molecule has 0 spiro atoms. The molecular weight excluding hydrogens is 985 g/mol. The molecule has 0 aromatic rings. The molecule has 0 saturated heterocycles. The van der Waals surface area contributed by atoms with E-state index in [2.05, 4.69) is 148 Å². The summed E-state index contributed by atoms with van der Waals surface area (Å²) in [6, 6.07) is 0. The fourth-order valence-electron chi connectivity index (χ4n) is 21.6. The fraction of sp³-hybridized carbons (Fsp3) is 0.878. The van der Waals surface area contributed by atoms with E-state index in [0.29, 0.717) is 46.8 Å². The van der Waals surface area contributed by atoms with Gasteiger partial charge in [0.15, 0.2) is 0 Å². The van der Waals surface area contributed by atoms with E-state index in [1.807, 2.05) is 22.3 Å². The first-order valence-corrected chi connectivity index (χ1v) is 37.7. The minimum Gasteiger partial charge on any atom is -0.103 e. The van der Waals surface area contributed by atoms with Gasteiger partial charge < -0.3 is 0 Å². The van der Waals surface area contributed by atoms with Gasteiger partial charge in [-0.25, -0.2) is 0 Å². The van der Waals surface area contributed by atoms with Crippen molar-refractivity contribution in [3.8, 4) is 0 Å². The predicted molar refractivity (Wildman–Crippen MR) is 364 cm³/mol. The van der Waals surface area contributed by atoms with E-state index in [1.165, 1.54) is 186 Å². The minimum absolute atomic E-state index is 0.503. The summed E-state index contributed by atoms with van der Waals surface area (Å²) in [6.07, 6.45) is 56.4. The van der Waals surface area contributed by atoms with Crippen molar-refractivity contribution in [1.29, 1.82) is 0 Å². The van der Waals surface area contributed by atoms with Crippen LogP contribution in [0.15, 0.2) is 59.3 Å². The molecule has 2 bridgehead atoms. The highest BCUT2D eigenvalue weighted by molar-refractivity contribution is 5.32. The van der Waals surface area contributed by atoms with E-state index in [9.17, 15) is 0 Å². The van der Waals surface area contributed by atoms with Crippen molar-refractivity contribution in [3.05, 3.63) is 59.3 Å². The normalized spacial score (nSPS) is 38.5. The molecule has 0 nitrogen and oxygen atoms in total. The average Bonchev–Trinajstić information content (AvgIpc) is 1.07. The van der Waals surface area contributed by atoms with Gasteiger partial charge >= 0.3 is 0 Å². The van der Waals surface area contributed by atoms with Crippen LogP contribution in [0.2, 0.25) is 0 Å². The highest BCUT2D eigenvalue weighted by Crippen LogP contribution is 2.72. The van der Waals surface area contributed by atoms with Crippen molar-refractivity contribution >= 4 is 0 Å². The third-order valence-corrected chi connectivity index (χ3v) is 26.5. The van der Waals surface area contributed by atoms with Gasteiger partial charge in [0.1, 0.15) is 0 Å². The molecule has 5 fully saturated rings. The maximum Gasteiger partial charge on any atom is -0.0115 e. The van der Waals surface area contributed by atoms with Gasteiger partial charge in [0.05, 0.1) is 0 Å². The summed E-state index contributed by atoms with van der Waals surface area (Å²) in [6.45, 7) is 48.1. The Hall–Kier alpha value is -1.30. The lowest BCUT2D eigenvalue weighted by Crippen LogP contribution is -2.61. The second kappa shape index (κ2) is 32.3. The van der Waals surface area contributed by atoms with Crippen LogP contribution >= 0.6 is 0 Å². The maximum atomic E-state index is 4.83. The lowest BCUT2D eigenvalue weighted by atomic mass is 9.35. The smallest absolute Gasteiger partial charge is 0.0115 e. The molecule has 0 aliphatic heterocycles. The molecule has 8 aliphatic carbocycles. The number of hydrogen-bond donors (Lipinski definition) is 0. The highest BCUT2D eigenvalue weighted by atomic mass is 14.7. The van der Waals surface area contributed by atoms with Crippen LogP contribution in [0.3, 0.4) is 0 Å². The first-order chi connectivity index (χ1) is 39.3. The molecule has 0 radical (unpaired) electrons. The average molecular weight is 1130 g/mol. The van der Waals surface area contributed by atoms with Crippen LogP contribution in [0.25, 0.3) is 0 Å². The molecule has 0 aromatic heterocycles. The number of hydrogen-bond acceptors (Lipinski definition) is 0. The van der Waals surface area contributed by atoms with Crippen LogP contribution in [0.4, 0.5) is 0 Å². The molecule has 5 saturated carbocycles. The zero-order chi connectivity index (χ0) is 59.4. The van der Waals surface area contributed by atoms with Gasteiger partial charge in [-0.3, -0.25) is 0 Å². The van der Waals surface area contributed by atoms with Gasteiger partial charge in [-0.2, -0.15) is 0 Å². The van der Waals surface area contributed by atoms with Crippen LogP contribution in [0.5, 0.6) is 0 Å². The summed E-state index contributed by atoms with van der Waals surface area (Å²) >= 11 is 0. The molecule has 0 N–H and O–H groups in total. The van der Waals surface area contributed by atoms with Crippen molar-refractivity contribution < 1.29 is 0 Å². The van der Waals surface area contributed by atoms with Crippen molar-refractivity contribution in [3.63, 3.8) is 0 Å². The number of unbranched alkanes of at least 4 members (excludes halogenated alkanes) is 2. The zero-order valence-corrected chi connectivity index (χ0v) is 58.2. The molecule has 8 rings (SSSR count). The van der Waals surface area contributed by atoms with Gasteiger partial charge in [0.2, 0.25) is 0 Å². The SMILES string of the molecule is C=CC1C(C)CC(C)C(CCC(C)CC(C)C(C)CC)=C(C2CC=C(CCC(C)C)CC(C34CCC3C(CC(C)C)C4)C(CC)C3CC(C2)C3)C=CCC2CC(CC3CC(CC)C3CCCCC)CC2CC(=CC(C)CCC)C1C(C)C. The molecule has 0 heterocycles. The van der Waals surface area contributed by atoms with Crippen molar-refractivity contribution in [2.24, 2.45) is 147 Å². The molecule has 8 aliphatic rings. The van der Waals surface area contributed by atoms with Crippen LogP contribution < -0.4 is 0 Å². The van der Waals surface area contributed by atoms with E-state index in [4.69, 9.17) is 6.58 Å². The maximum absolute atomic E-state index is 4.83. The van der Waals surface area contributed by atoms with E-state index in [-0.39, 0.29) is 0 Å². The molecule has 0 heteroatoms. The number of rotatable bonds is 27. The summed E-state index contributed by atoms with van der Waals surface area (Å²) in [7, 11) is 0. The Morgan fingerprint density at radius 3 is 2.06 bits per heavy atom.